The molecule has 31 heavy (non-hydrogen) atoms. The van der Waals surface area contributed by atoms with E-state index in [2.05, 4.69) is 23.2 Å². The lowest BCUT2D eigenvalue weighted by atomic mass is 9.81. The van der Waals surface area contributed by atoms with Crippen LogP contribution in [0.4, 0.5) is 0 Å². The van der Waals surface area contributed by atoms with Crippen molar-refractivity contribution in [3.63, 3.8) is 0 Å². The molecule has 2 heterocycles. The molecule has 0 amide bonds. The summed E-state index contributed by atoms with van der Waals surface area (Å²) >= 11 is 0. The van der Waals surface area contributed by atoms with Crippen LogP contribution in [0.5, 0.6) is 11.6 Å². The molecule has 1 atom stereocenters. The Bertz CT molecular complexity index is 1370. The topological polar surface area (TPSA) is 81.2 Å². The Balaban J connectivity index is 1.67. The number of hydrogen-bond donors (Lipinski definition) is 1. The summed E-state index contributed by atoms with van der Waals surface area (Å²) < 4.78 is 11.1. The molecule has 0 bridgehead atoms. The van der Waals surface area contributed by atoms with Crippen LogP contribution >= 0.6 is 0 Å². The fourth-order valence-electron chi connectivity index (χ4n) is 4.10. The molecule has 0 fully saturated rings. The largest absolute Gasteiger partial charge is 0.481 e. The second kappa shape index (κ2) is 7.51. The van der Waals surface area contributed by atoms with Crippen molar-refractivity contribution in [3.05, 3.63) is 102 Å². The molecule has 0 spiro atoms. The number of benzene rings is 3. The first-order valence-corrected chi connectivity index (χ1v) is 9.89. The zero-order valence-electron chi connectivity index (χ0n) is 16.9. The van der Waals surface area contributed by atoms with Gasteiger partial charge in [0.15, 0.2) is 0 Å². The number of nitrogens with two attached hydrogens (primary N) is 1. The molecule has 1 aromatic heterocycles. The van der Waals surface area contributed by atoms with E-state index in [1.165, 1.54) is 0 Å². The van der Waals surface area contributed by atoms with Gasteiger partial charge in [-0.05, 0) is 22.6 Å². The van der Waals surface area contributed by atoms with Crippen molar-refractivity contribution in [2.45, 2.75) is 5.92 Å². The third kappa shape index (κ3) is 3.15. The number of hydrogen-bond acceptors (Lipinski definition) is 5. The number of ether oxygens (including phenoxy) is 2. The van der Waals surface area contributed by atoms with Gasteiger partial charge in [0, 0.05) is 28.8 Å². The predicted octanol–water partition coefficient (Wildman–Crippen LogP) is 5.13. The van der Waals surface area contributed by atoms with E-state index < -0.39 is 0 Å². The number of nitriles is 1. The highest BCUT2D eigenvalue weighted by molar-refractivity contribution is 5.91. The van der Waals surface area contributed by atoms with E-state index in [1.807, 2.05) is 60.7 Å². The molecule has 1 aliphatic rings. The highest BCUT2D eigenvalue weighted by Gasteiger charge is 2.31. The molecule has 3 aromatic carbocycles. The minimum atomic E-state index is -0.315. The Morgan fingerprint density at radius 1 is 1.00 bits per heavy atom. The Morgan fingerprint density at radius 3 is 2.65 bits per heavy atom. The fourth-order valence-corrected chi connectivity index (χ4v) is 4.10. The Hall–Kier alpha value is -4.30. The van der Waals surface area contributed by atoms with E-state index in [-0.39, 0.29) is 11.8 Å². The van der Waals surface area contributed by atoms with Gasteiger partial charge in [-0.1, -0.05) is 60.7 Å². The number of nitrogens with zero attached hydrogens (tertiary/aromatic N) is 2. The smallest absolute Gasteiger partial charge is 0.212 e. The van der Waals surface area contributed by atoms with E-state index in [0.717, 1.165) is 33.0 Å². The first kappa shape index (κ1) is 18.7. The standard InChI is InChI=1S/C26H19N3O2/c1-30-23-12-10-19(15-29-23)17-6-4-7-18(13-17)24-21-11-9-16-5-2-3-8-20(16)25(21)31-26(28)22(24)14-27/h2-13,15,24H,28H2,1H3. The maximum Gasteiger partial charge on any atom is 0.212 e. The van der Waals surface area contributed by atoms with E-state index in [1.54, 1.807) is 13.3 Å². The van der Waals surface area contributed by atoms with Gasteiger partial charge in [0.1, 0.15) is 17.4 Å². The van der Waals surface area contributed by atoms with Gasteiger partial charge in [-0.2, -0.15) is 5.26 Å². The molecule has 2 N–H and O–H groups in total. The third-order valence-electron chi connectivity index (χ3n) is 5.61. The van der Waals surface area contributed by atoms with Crippen LogP contribution in [0.25, 0.3) is 21.9 Å². The molecule has 0 aliphatic carbocycles. The van der Waals surface area contributed by atoms with Gasteiger partial charge < -0.3 is 15.2 Å². The lowest BCUT2D eigenvalue weighted by Gasteiger charge is -2.27. The lowest BCUT2D eigenvalue weighted by Crippen LogP contribution is -2.21. The SMILES string of the molecule is COc1ccc(-c2cccc(C3C(C#N)=C(N)Oc4c3ccc3ccccc43)c2)cn1. The van der Waals surface area contributed by atoms with Gasteiger partial charge in [0.25, 0.3) is 0 Å². The zero-order valence-corrected chi connectivity index (χ0v) is 16.9. The average molecular weight is 405 g/mol. The quantitative estimate of drug-likeness (QED) is 0.511. The number of methoxy groups -OCH3 is 1. The second-order valence-corrected chi connectivity index (χ2v) is 7.34. The summed E-state index contributed by atoms with van der Waals surface area (Å²) in [7, 11) is 1.59. The maximum absolute atomic E-state index is 9.88. The molecule has 0 saturated carbocycles. The van der Waals surface area contributed by atoms with Gasteiger partial charge in [-0.15, -0.1) is 0 Å². The first-order valence-electron chi connectivity index (χ1n) is 9.89. The van der Waals surface area contributed by atoms with Gasteiger partial charge in [0.2, 0.25) is 11.8 Å². The number of rotatable bonds is 3. The van der Waals surface area contributed by atoms with Crippen molar-refractivity contribution in [1.29, 1.82) is 5.26 Å². The molecule has 4 aromatic rings. The normalized spacial score (nSPS) is 15.2. The number of aromatic nitrogens is 1. The summed E-state index contributed by atoms with van der Waals surface area (Å²) in [6.07, 6.45) is 1.78. The van der Waals surface area contributed by atoms with E-state index >= 15 is 0 Å². The molecule has 0 radical (unpaired) electrons. The molecular weight excluding hydrogens is 386 g/mol. The van der Waals surface area contributed by atoms with Crippen LogP contribution < -0.4 is 15.2 Å². The summed E-state index contributed by atoms with van der Waals surface area (Å²) in [6.45, 7) is 0. The van der Waals surface area contributed by atoms with Crippen molar-refractivity contribution >= 4 is 10.8 Å². The predicted molar refractivity (Wildman–Crippen MR) is 119 cm³/mol. The van der Waals surface area contributed by atoms with Crippen molar-refractivity contribution in [1.82, 2.24) is 4.98 Å². The fraction of sp³-hybridized carbons (Fsp3) is 0.0769. The van der Waals surface area contributed by atoms with Gasteiger partial charge in [-0.3, -0.25) is 0 Å². The molecule has 1 unspecified atom stereocenters. The third-order valence-corrected chi connectivity index (χ3v) is 5.61. The highest BCUT2D eigenvalue weighted by Crippen LogP contribution is 2.45. The molecular formula is C26H19N3O2. The molecule has 150 valence electrons. The van der Waals surface area contributed by atoms with Crippen LogP contribution in [0.2, 0.25) is 0 Å². The highest BCUT2D eigenvalue weighted by atomic mass is 16.5. The molecule has 5 rings (SSSR count). The van der Waals surface area contributed by atoms with Crippen LogP contribution in [0.3, 0.4) is 0 Å². The van der Waals surface area contributed by atoms with Gasteiger partial charge in [-0.25, -0.2) is 4.98 Å². The Labute approximate surface area is 180 Å². The average Bonchev–Trinajstić information content (AvgIpc) is 2.83. The summed E-state index contributed by atoms with van der Waals surface area (Å²) in [4.78, 5) is 4.31. The zero-order chi connectivity index (χ0) is 21.4. The summed E-state index contributed by atoms with van der Waals surface area (Å²) in [5, 5.41) is 11.9. The lowest BCUT2D eigenvalue weighted by molar-refractivity contribution is 0.398. The monoisotopic (exact) mass is 405 g/mol. The number of fused-ring (bicyclic) bond motifs is 3. The van der Waals surface area contributed by atoms with Crippen LogP contribution in [0, 0.1) is 11.3 Å². The minimum Gasteiger partial charge on any atom is -0.481 e. The van der Waals surface area contributed by atoms with Crippen molar-refractivity contribution in [3.8, 4) is 28.8 Å². The van der Waals surface area contributed by atoms with E-state index in [9.17, 15) is 5.26 Å². The first-order chi connectivity index (χ1) is 15.2. The summed E-state index contributed by atoms with van der Waals surface area (Å²) in [5.74, 6) is 1.10. The second-order valence-electron chi connectivity index (χ2n) is 7.34. The Morgan fingerprint density at radius 2 is 1.87 bits per heavy atom. The maximum atomic E-state index is 9.88. The molecule has 5 heteroatoms. The molecule has 1 aliphatic heterocycles. The number of allylic oxidation sites excluding steroid dienone is 1. The van der Waals surface area contributed by atoms with Crippen LogP contribution in [0.15, 0.2) is 90.4 Å². The van der Waals surface area contributed by atoms with Crippen LogP contribution in [-0.2, 0) is 0 Å². The van der Waals surface area contributed by atoms with E-state index in [4.69, 9.17) is 15.2 Å². The van der Waals surface area contributed by atoms with Crippen molar-refractivity contribution in [2.24, 2.45) is 5.73 Å². The number of pyridine rings is 1. The van der Waals surface area contributed by atoms with Gasteiger partial charge in [0.05, 0.1) is 13.0 Å². The van der Waals surface area contributed by atoms with Crippen LogP contribution in [-0.4, -0.2) is 12.1 Å². The van der Waals surface area contributed by atoms with Crippen molar-refractivity contribution in [2.75, 3.05) is 7.11 Å². The van der Waals surface area contributed by atoms with Gasteiger partial charge >= 0.3 is 0 Å². The molecule has 0 saturated heterocycles. The Kier molecular flexibility index (Phi) is 4.53. The summed E-state index contributed by atoms with van der Waals surface area (Å²) in [6, 6.07) is 26.2. The molecule has 5 nitrogen and oxygen atoms in total. The van der Waals surface area contributed by atoms with E-state index in [0.29, 0.717) is 17.2 Å². The van der Waals surface area contributed by atoms with Crippen LogP contribution in [0.1, 0.15) is 17.0 Å². The van der Waals surface area contributed by atoms with Crippen molar-refractivity contribution < 1.29 is 9.47 Å². The minimum absolute atomic E-state index is 0.146. The summed E-state index contributed by atoms with van der Waals surface area (Å²) in [5.41, 5.74) is 10.5.